The highest BCUT2D eigenvalue weighted by Gasteiger charge is 2.42. The molecule has 1 heterocycles. The van der Waals surface area contributed by atoms with Crippen LogP contribution in [0.25, 0.3) is 0 Å². The summed E-state index contributed by atoms with van der Waals surface area (Å²) in [4.78, 5) is 13.7. The van der Waals surface area contributed by atoms with Crippen molar-refractivity contribution in [2.24, 2.45) is 0 Å². The van der Waals surface area contributed by atoms with E-state index in [0.29, 0.717) is 32.2 Å². The molecule has 1 aliphatic heterocycles. The first kappa shape index (κ1) is 24.8. The van der Waals surface area contributed by atoms with Crippen LogP contribution in [-0.4, -0.2) is 44.9 Å². The number of benzene rings is 1. The summed E-state index contributed by atoms with van der Waals surface area (Å²) in [5.74, 6) is -0.417. The topological polar surface area (TPSA) is 113 Å². The summed E-state index contributed by atoms with van der Waals surface area (Å²) < 4.78 is 53.5. The van der Waals surface area contributed by atoms with Gasteiger partial charge in [0.1, 0.15) is 0 Å². The highest BCUT2D eigenvalue weighted by molar-refractivity contribution is 7.89. The van der Waals surface area contributed by atoms with Crippen LogP contribution in [0.1, 0.15) is 80.0 Å². The van der Waals surface area contributed by atoms with Gasteiger partial charge in [-0.25, -0.2) is 16.8 Å². The van der Waals surface area contributed by atoms with Crippen molar-refractivity contribution in [1.29, 1.82) is 0 Å². The lowest BCUT2D eigenvalue weighted by Gasteiger charge is -2.31. The van der Waals surface area contributed by atoms with Gasteiger partial charge in [0, 0.05) is 18.4 Å². The molecule has 192 valence electrons. The maximum Gasteiger partial charge on any atom is 0.254 e. The van der Waals surface area contributed by atoms with Crippen molar-refractivity contribution in [2.45, 2.75) is 94.8 Å². The van der Waals surface area contributed by atoms with Crippen LogP contribution in [0.2, 0.25) is 0 Å². The van der Waals surface area contributed by atoms with Gasteiger partial charge >= 0.3 is 0 Å². The van der Waals surface area contributed by atoms with Crippen LogP contribution in [0, 0.1) is 0 Å². The Morgan fingerprint density at radius 2 is 1.57 bits per heavy atom. The van der Waals surface area contributed by atoms with E-state index in [1.165, 1.54) is 32.8 Å². The summed E-state index contributed by atoms with van der Waals surface area (Å²) in [6.45, 7) is 0.355. The number of rotatable bonds is 7. The molecule has 1 atom stereocenters. The zero-order chi connectivity index (χ0) is 24.6. The predicted molar refractivity (Wildman–Crippen MR) is 136 cm³/mol. The first-order chi connectivity index (χ1) is 16.9. The van der Waals surface area contributed by atoms with E-state index in [-0.39, 0.29) is 5.57 Å². The van der Waals surface area contributed by atoms with Crippen molar-refractivity contribution in [3.63, 3.8) is 0 Å². The summed E-state index contributed by atoms with van der Waals surface area (Å²) in [6.07, 6.45) is 12.4. The third-order valence-corrected chi connectivity index (χ3v) is 10.9. The number of nitrogens with one attached hydrogen (secondary N) is 2. The number of hydrogen-bond donors (Lipinski definition) is 3. The van der Waals surface area contributed by atoms with E-state index in [2.05, 4.69) is 16.1 Å². The highest BCUT2D eigenvalue weighted by Crippen LogP contribution is 2.39. The molecule has 0 bridgehead atoms. The van der Waals surface area contributed by atoms with Gasteiger partial charge in [0.15, 0.2) is 0 Å². The monoisotopic (exact) mass is 521 g/mol. The number of anilines is 1. The minimum Gasteiger partial charge on any atom is -0.322 e. The van der Waals surface area contributed by atoms with Crippen LogP contribution in [0.3, 0.4) is 0 Å². The third-order valence-electron chi connectivity index (χ3n) is 8.16. The van der Waals surface area contributed by atoms with Gasteiger partial charge in [0.25, 0.3) is 5.91 Å². The van der Waals surface area contributed by atoms with Gasteiger partial charge in [-0.1, -0.05) is 25.3 Å². The number of sulfonamides is 1. The Morgan fingerprint density at radius 3 is 2.20 bits per heavy atom. The summed E-state index contributed by atoms with van der Waals surface area (Å²) in [5, 5.41) is 2.70. The molecule has 0 spiro atoms. The fourth-order valence-electron chi connectivity index (χ4n) is 6.50. The summed E-state index contributed by atoms with van der Waals surface area (Å²) in [7, 11) is -6.56. The molecule has 5 rings (SSSR count). The van der Waals surface area contributed by atoms with Crippen LogP contribution in [0.4, 0.5) is 5.69 Å². The quantitative estimate of drug-likeness (QED) is 0.377. The van der Waals surface area contributed by atoms with Crippen molar-refractivity contribution < 1.29 is 21.6 Å². The number of hydrogen-bond acceptors (Lipinski definition) is 5. The SMILES string of the molecule is O=C(Nc1c2c(cc3c1CCC3)CCC2)C(=CN[SH](=O)=O)C1CCCN1S(=O)(=O)C1CCCCC1. The molecule has 10 heteroatoms. The molecule has 3 aliphatic carbocycles. The molecule has 0 aromatic heterocycles. The van der Waals surface area contributed by atoms with E-state index in [9.17, 15) is 21.6 Å². The Balaban J connectivity index is 1.47. The largest absolute Gasteiger partial charge is 0.322 e. The number of aryl methyl sites for hydroxylation is 2. The van der Waals surface area contributed by atoms with E-state index in [0.717, 1.165) is 63.5 Å². The van der Waals surface area contributed by atoms with Crippen molar-refractivity contribution in [3.05, 3.63) is 40.1 Å². The van der Waals surface area contributed by atoms with E-state index in [1.807, 2.05) is 0 Å². The molecule has 1 amide bonds. The Kier molecular flexibility index (Phi) is 7.23. The molecule has 35 heavy (non-hydrogen) atoms. The van der Waals surface area contributed by atoms with Crippen LogP contribution in [0.5, 0.6) is 0 Å². The summed E-state index contributed by atoms with van der Waals surface area (Å²) in [6, 6.07) is 1.62. The maximum atomic E-state index is 13.7. The van der Waals surface area contributed by atoms with Crippen LogP contribution < -0.4 is 10.0 Å². The molecule has 1 aromatic rings. The first-order valence-corrected chi connectivity index (χ1v) is 15.6. The molecule has 1 saturated heterocycles. The van der Waals surface area contributed by atoms with Crippen LogP contribution in [-0.2, 0) is 51.4 Å². The van der Waals surface area contributed by atoms with E-state index >= 15 is 0 Å². The molecule has 1 saturated carbocycles. The normalized spacial score (nSPS) is 23.5. The van der Waals surface area contributed by atoms with E-state index in [1.54, 1.807) is 0 Å². The molecule has 2 N–H and O–H groups in total. The third kappa shape index (κ3) is 4.89. The Hall–Kier alpha value is -1.91. The zero-order valence-electron chi connectivity index (χ0n) is 20.1. The zero-order valence-corrected chi connectivity index (χ0v) is 21.8. The van der Waals surface area contributed by atoms with Crippen molar-refractivity contribution >= 4 is 32.5 Å². The lowest BCUT2D eigenvalue weighted by Crippen LogP contribution is -2.45. The Labute approximate surface area is 209 Å². The molecular formula is C25H35N3O5S2. The number of thiol groups is 1. The minimum atomic E-state index is -3.59. The molecule has 8 nitrogen and oxygen atoms in total. The highest BCUT2D eigenvalue weighted by atomic mass is 32.2. The number of fused-ring (bicyclic) bond motifs is 2. The number of amides is 1. The second-order valence-corrected chi connectivity index (χ2v) is 13.2. The Morgan fingerprint density at radius 1 is 0.914 bits per heavy atom. The Bertz CT molecular complexity index is 1180. The molecule has 4 aliphatic rings. The van der Waals surface area contributed by atoms with Crippen molar-refractivity contribution in [1.82, 2.24) is 9.03 Å². The van der Waals surface area contributed by atoms with Gasteiger partial charge < -0.3 is 5.32 Å². The fraction of sp³-hybridized carbons (Fsp3) is 0.640. The van der Waals surface area contributed by atoms with Crippen molar-refractivity contribution in [3.8, 4) is 0 Å². The standard InChI is InChI=1S/C25H35N3O5S2/c29-25(27-24-20-11-4-7-17(20)15-18-8-5-12-21(18)24)22(16-26-34(30)31)23-13-6-14-28(23)35(32,33)19-9-2-1-3-10-19/h15-16,19,23,34H,1-14H2,(H,27,29)(H,26,30,31). The molecule has 2 fully saturated rings. The average Bonchev–Trinajstić information content (AvgIpc) is 3.60. The lowest BCUT2D eigenvalue weighted by atomic mass is 9.98. The molecular weight excluding hydrogens is 486 g/mol. The molecule has 0 radical (unpaired) electrons. The fourth-order valence-corrected chi connectivity index (χ4v) is 9.01. The van der Waals surface area contributed by atoms with Gasteiger partial charge in [-0.05, 0) is 86.5 Å². The average molecular weight is 522 g/mol. The number of nitrogens with zero attached hydrogens (tertiary/aromatic N) is 1. The van der Waals surface area contributed by atoms with Crippen molar-refractivity contribution in [2.75, 3.05) is 11.9 Å². The van der Waals surface area contributed by atoms with Gasteiger partial charge in [-0.3, -0.25) is 9.52 Å². The van der Waals surface area contributed by atoms with E-state index in [4.69, 9.17) is 0 Å². The maximum absolute atomic E-state index is 13.7. The lowest BCUT2D eigenvalue weighted by molar-refractivity contribution is -0.113. The van der Waals surface area contributed by atoms with Crippen LogP contribution >= 0.6 is 0 Å². The van der Waals surface area contributed by atoms with Crippen LogP contribution in [0.15, 0.2) is 17.8 Å². The first-order valence-electron chi connectivity index (χ1n) is 13.0. The van der Waals surface area contributed by atoms with Gasteiger partial charge in [-0.2, -0.15) is 4.31 Å². The number of carbonyl (C=O) groups is 1. The van der Waals surface area contributed by atoms with Gasteiger partial charge in [-0.15, -0.1) is 0 Å². The smallest absolute Gasteiger partial charge is 0.254 e. The second-order valence-electron chi connectivity index (χ2n) is 10.2. The molecule has 1 unspecified atom stereocenters. The van der Waals surface area contributed by atoms with Gasteiger partial charge in [0.05, 0.1) is 16.9 Å². The predicted octanol–water partition coefficient (Wildman–Crippen LogP) is 2.73. The number of carbonyl (C=O) groups excluding carboxylic acids is 1. The van der Waals surface area contributed by atoms with Gasteiger partial charge in [0.2, 0.25) is 20.9 Å². The van der Waals surface area contributed by atoms with E-state index < -0.39 is 38.1 Å². The minimum absolute atomic E-state index is 0.170. The second kappa shape index (κ2) is 10.2. The summed E-state index contributed by atoms with van der Waals surface area (Å²) in [5.41, 5.74) is 5.97. The summed E-state index contributed by atoms with van der Waals surface area (Å²) >= 11 is 0. The molecule has 1 aromatic carbocycles.